The summed E-state index contributed by atoms with van der Waals surface area (Å²) in [7, 11) is 0. The van der Waals surface area contributed by atoms with E-state index in [1.807, 2.05) is 4.68 Å². The van der Waals surface area contributed by atoms with Crippen LogP contribution in [0, 0.1) is 5.92 Å². The molecule has 1 fully saturated rings. The predicted molar refractivity (Wildman–Crippen MR) is 74.2 cm³/mol. The molecule has 1 unspecified atom stereocenters. The number of rotatable bonds is 5. The van der Waals surface area contributed by atoms with Gasteiger partial charge in [-0.25, -0.2) is 0 Å². The van der Waals surface area contributed by atoms with Crippen molar-refractivity contribution in [3.8, 4) is 0 Å². The van der Waals surface area contributed by atoms with Crippen LogP contribution in [0.5, 0.6) is 0 Å². The Labute approximate surface area is 114 Å². The van der Waals surface area contributed by atoms with E-state index in [1.165, 1.54) is 32.1 Å². The molecule has 18 heavy (non-hydrogen) atoms. The number of nitrogens with zero attached hydrogens (tertiary/aromatic N) is 2. The van der Waals surface area contributed by atoms with Gasteiger partial charge in [0.2, 0.25) is 0 Å². The Morgan fingerprint density at radius 3 is 2.83 bits per heavy atom. The highest BCUT2D eigenvalue weighted by atomic mass is 35.5. The van der Waals surface area contributed by atoms with Gasteiger partial charge in [0.1, 0.15) is 0 Å². The summed E-state index contributed by atoms with van der Waals surface area (Å²) in [5.41, 5.74) is 3.96. The number of aryl methyl sites for hydroxylation is 1. The first-order chi connectivity index (χ1) is 8.76. The van der Waals surface area contributed by atoms with Gasteiger partial charge in [-0.1, -0.05) is 43.7 Å². The van der Waals surface area contributed by atoms with Crippen molar-refractivity contribution in [2.75, 3.05) is 0 Å². The zero-order chi connectivity index (χ0) is 13.0. The summed E-state index contributed by atoms with van der Waals surface area (Å²) in [6, 6.07) is 0.114. The van der Waals surface area contributed by atoms with Crippen LogP contribution in [0.1, 0.15) is 57.2 Å². The molecular weight excluding hydrogens is 248 g/mol. The van der Waals surface area contributed by atoms with E-state index in [-0.39, 0.29) is 6.04 Å². The lowest BCUT2D eigenvalue weighted by atomic mass is 9.84. The molecule has 2 rings (SSSR count). The molecule has 102 valence electrons. The second kappa shape index (κ2) is 6.55. The second-order valence-corrected chi connectivity index (χ2v) is 5.56. The summed E-state index contributed by atoms with van der Waals surface area (Å²) in [6.45, 7) is 2.89. The standard InChI is InChI=1S/C13H23ClN4/c1-2-18-13(11(14)9-16-18)12(17-15)8-10-6-4-3-5-7-10/h9-10,12,17H,2-8,15H2,1H3. The van der Waals surface area contributed by atoms with Crippen LogP contribution in [0.15, 0.2) is 6.20 Å². The van der Waals surface area contributed by atoms with E-state index < -0.39 is 0 Å². The third-order valence-corrected chi connectivity index (χ3v) is 4.25. The molecule has 1 aromatic rings. The number of nitrogens with two attached hydrogens (primary N) is 1. The fraction of sp³-hybridized carbons (Fsp3) is 0.769. The first-order valence-corrected chi connectivity index (χ1v) is 7.31. The molecule has 0 aliphatic heterocycles. The Morgan fingerprint density at radius 2 is 2.22 bits per heavy atom. The number of hydrazine groups is 1. The number of aromatic nitrogens is 2. The van der Waals surface area contributed by atoms with Crippen LogP contribution in [0.3, 0.4) is 0 Å². The van der Waals surface area contributed by atoms with Gasteiger partial charge in [0.15, 0.2) is 0 Å². The highest BCUT2D eigenvalue weighted by Crippen LogP contribution is 2.33. The van der Waals surface area contributed by atoms with E-state index in [4.69, 9.17) is 17.4 Å². The van der Waals surface area contributed by atoms with Gasteiger partial charge in [0.05, 0.1) is 23.0 Å². The molecule has 1 saturated carbocycles. The molecule has 1 aliphatic rings. The Bertz CT molecular complexity index is 371. The van der Waals surface area contributed by atoms with Gasteiger partial charge in [-0.05, 0) is 19.3 Å². The highest BCUT2D eigenvalue weighted by Gasteiger charge is 2.23. The van der Waals surface area contributed by atoms with Gasteiger partial charge in [-0.3, -0.25) is 16.0 Å². The minimum atomic E-state index is 0.114. The van der Waals surface area contributed by atoms with Crippen LogP contribution in [0.2, 0.25) is 5.02 Å². The van der Waals surface area contributed by atoms with Gasteiger partial charge < -0.3 is 0 Å². The Kier molecular flexibility index (Phi) is 5.03. The zero-order valence-electron chi connectivity index (χ0n) is 11.0. The smallest absolute Gasteiger partial charge is 0.0834 e. The molecule has 3 N–H and O–H groups in total. The third kappa shape index (κ3) is 3.05. The van der Waals surface area contributed by atoms with E-state index in [1.54, 1.807) is 6.20 Å². The second-order valence-electron chi connectivity index (χ2n) is 5.15. The minimum absolute atomic E-state index is 0.114. The van der Waals surface area contributed by atoms with Crippen molar-refractivity contribution in [2.45, 2.75) is 58.0 Å². The molecule has 5 heteroatoms. The van der Waals surface area contributed by atoms with Crippen molar-refractivity contribution in [3.05, 3.63) is 16.9 Å². The minimum Gasteiger partial charge on any atom is -0.271 e. The fourth-order valence-electron chi connectivity index (χ4n) is 2.99. The van der Waals surface area contributed by atoms with E-state index in [0.717, 1.165) is 29.6 Å². The van der Waals surface area contributed by atoms with Crippen LogP contribution in [-0.4, -0.2) is 9.78 Å². The molecule has 0 bridgehead atoms. The van der Waals surface area contributed by atoms with Crippen molar-refractivity contribution in [1.29, 1.82) is 0 Å². The maximum absolute atomic E-state index is 6.24. The molecule has 4 nitrogen and oxygen atoms in total. The molecular formula is C13H23ClN4. The molecule has 1 atom stereocenters. The van der Waals surface area contributed by atoms with Gasteiger partial charge >= 0.3 is 0 Å². The lowest BCUT2D eigenvalue weighted by molar-refractivity contribution is 0.294. The van der Waals surface area contributed by atoms with Crippen LogP contribution < -0.4 is 11.3 Å². The van der Waals surface area contributed by atoms with E-state index >= 15 is 0 Å². The van der Waals surface area contributed by atoms with E-state index in [2.05, 4.69) is 17.4 Å². The number of halogens is 1. The van der Waals surface area contributed by atoms with Gasteiger partial charge in [-0.15, -0.1) is 0 Å². The first kappa shape index (κ1) is 13.8. The number of hydrogen-bond donors (Lipinski definition) is 2. The van der Waals surface area contributed by atoms with Gasteiger partial charge in [0, 0.05) is 6.54 Å². The molecule has 1 aromatic heterocycles. The van der Waals surface area contributed by atoms with E-state index in [0.29, 0.717) is 0 Å². The lowest BCUT2D eigenvalue weighted by Crippen LogP contribution is -2.32. The normalized spacial score (nSPS) is 19.1. The Hall–Kier alpha value is -0.580. The van der Waals surface area contributed by atoms with Gasteiger partial charge in [-0.2, -0.15) is 5.10 Å². The summed E-state index contributed by atoms with van der Waals surface area (Å²) in [5.74, 6) is 6.48. The summed E-state index contributed by atoms with van der Waals surface area (Å²) < 4.78 is 1.94. The fourth-order valence-corrected chi connectivity index (χ4v) is 3.26. The van der Waals surface area contributed by atoms with Crippen LogP contribution in [0.4, 0.5) is 0 Å². The molecule has 0 spiro atoms. The predicted octanol–water partition coefficient (Wildman–Crippen LogP) is 3.03. The lowest BCUT2D eigenvalue weighted by Gasteiger charge is -2.26. The SMILES string of the molecule is CCn1ncc(Cl)c1C(CC1CCCCC1)NN. The Morgan fingerprint density at radius 1 is 1.50 bits per heavy atom. The molecule has 0 radical (unpaired) electrons. The molecule has 0 saturated heterocycles. The first-order valence-electron chi connectivity index (χ1n) is 6.93. The van der Waals surface area contributed by atoms with Crippen molar-refractivity contribution >= 4 is 11.6 Å². The quantitative estimate of drug-likeness (QED) is 0.639. The van der Waals surface area contributed by atoms with Crippen molar-refractivity contribution in [2.24, 2.45) is 11.8 Å². The summed E-state index contributed by atoms with van der Waals surface area (Å²) in [6.07, 6.45) is 9.48. The van der Waals surface area contributed by atoms with Gasteiger partial charge in [0.25, 0.3) is 0 Å². The molecule has 0 aromatic carbocycles. The van der Waals surface area contributed by atoms with Crippen LogP contribution in [-0.2, 0) is 6.54 Å². The Balaban J connectivity index is 2.09. The van der Waals surface area contributed by atoms with Crippen LogP contribution >= 0.6 is 11.6 Å². The number of hydrogen-bond acceptors (Lipinski definition) is 3. The maximum Gasteiger partial charge on any atom is 0.0834 e. The average molecular weight is 271 g/mol. The van der Waals surface area contributed by atoms with Crippen molar-refractivity contribution in [3.63, 3.8) is 0 Å². The molecule has 1 aliphatic carbocycles. The average Bonchev–Trinajstić information content (AvgIpc) is 2.78. The molecule has 1 heterocycles. The maximum atomic E-state index is 6.24. The van der Waals surface area contributed by atoms with E-state index in [9.17, 15) is 0 Å². The topological polar surface area (TPSA) is 55.9 Å². The summed E-state index contributed by atoms with van der Waals surface area (Å²) in [4.78, 5) is 0. The van der Waals surface area contributed by atoms with Crippen LogP contribution in [0.25, 0.3) is 0 Å². The summed E-state index contributed by atoms with van der Waals surface area (Å²) in [5, 5.41) is 5.00. The third-order valence-electron chi connectivity index (χ3n) is 3.96. The highest BCUT2D eigenvalue weighted by molar-refractivity contribution is 6.31. The largest absolute Gasteiger partial charge is 0.271 e. The molecule has 0 amide bonds. The monoisotopic (exact) mass is 270 g/mol. The summed E-state index contributed by atoms with van der Waals surface area (Å²) >= 11 is 6.24. The zero-order valence-corrected chi connectivity index (χ0v) is 11.8. The van der Waals surface area contributed by atoms with Crippen molar-refractivity contribution < 1.29 is 0 Å². The number of nitrogens with one attached hydrogen (secondary N) is 1. The van der Waals surface area contributed by atoms with Crippen molar-refractivity contribution in [1.82, 2.24) is 15.2 Å².